The van der Waals surface area contributed by atoms with Crippen LogP contribution in [0.1, 0.15) is 30.3 Å². The van der Waals surface area contributed by atoms with Crippen molar-refractivity contribution >= 4 is 0 Å². The van der Waals surface area contributed by atoms with Crippen LogP contribution in [0.5, 0.6) is 0 Å². The first-order valence-electron chi connectivity index (χ1n) is 5.00. The molecule has 2 aromatic rings. The summed E-state index contributed by atoms with van der Waals surface area (Å²) in [6, 6.07) is 3.28. The molecule has 4 nitrogen and oxygen atoms in total. The van der Waals surface area contributed by atoms with Crippen LogP contribution >= 0.6 is 0 Å². The third-order valence-corrected chi connectivity index (χ3v) is 2.20. The van der Waals surface area contributed by atoms with E-state index in [4.69, 9.17) is 4.52 Å². The van der Waals surface area contributed by atoms with Crippen molar-refractivity contribution in [3.8, 4) is 0 Å². The molecular weight excluding hydrogens is 230 g/mol. The molecule has 2 rings (SSSR count). The van der Waals surface area contributed by atoms with Crippen LogP contribution in [0, 0.1) is 11.6 Å². The smallest absolute Gasteiger partial charge is 0.255 e. The summed E-state index contributed by atoms with van der Waals surface area (Å²) in [5.74, 6) is -0.980. The van der Waals surface area contributed by atoms with Gasteiger partial charge in [0.2, 0.25) is 0 Å². The predicted molar refractivity (Wildman–Crippen MR) is 54.1 cm³/mol. The van der Waals surface area contributed by atoms with Gasteiger partial charge in [0.05, 0.1) is 0 Å². The fourth-order valence-corrected chi connectivity index (χ4v) is 1.34. The SMILES string of the molecule is C[C@H](O)c1nc(Cc2ccc(F)cc2F)no1. The molecule has 0 saturated heterocycles. The first-order chi connectivity index (χ1) is 8.06. The molecule has 0 bridgehead atoms. The molecule has 1 aromatic carbocycles. The molecular formula is C11H10F2N2O2. The van der Waals surface area contributed by atoms with E-state index in [0.29, 0.717) is 0 Å². The van der Waals surface area contributed by atoms with Gasteiger partial charge < -0.3 is 9.63 Å². The van der Waals surface area contributed by atoms with Gasteiger partial charge in [-0.3, -0.25) is 0 Å². The normalized spacial score (nSPS) is 12.7. The third-order valence-electron chi connectivity index (χ3n) is 2.20. The molecule has 0 radical (unpaired) electrons. The Morgan fingerprint density at radius 1 is 1.41 bits per heavy atom. The highest BCUT2D eigenvalue weighted by molar-refractivity contribution is 5.21. The van der Waals surface area contributed by atoms with Crippen LogP contribution < -0.4 is 0 Å². The average Bonchev–Trinajstić information content (AvgIpc) is 2.71. The molecule has 1 heterocycles. The van der Waals surface area contributed by atoms with E-state index >= 15 is 0 Å². The van der Waals surface area contributed by atoms with Crippen molar-refractivity contribution < 1.29 is 18.4 Å². The lowest BCUT2D eigenvalue weighted by molar-refractivity contribution is 0.151. The van der Waals surface area contributed by atoms with Crippen molar-refractivity contribution in [2.75, 3.05) is 0 Å². The van der Waals surface area contributed by atoms with E-state index in [-0.39, 0.29) is 23.7 Å². The molecule has 0 aliphatic heterocycles. The molecule has 1 aromatic heterocycles. The Labute approximate surface area is 95.9 Å². The van der Waals surface area contributed by atoms with Crippen molar-refractivity contribution in [3.05, 3.63) is 47.1 Å². The summed E-state index contributed by atoms with van der Waals surface area (Å²) in [5.41, 5.74) is 0.268. The monoisotopic (exact) mass is 240 g/mol. The van der Waals surface area contributed by atoms with Gasteiger partial charge in [-0.1, -0.05) is 11.2 Å². The number of halogens is 2. The van der Waals surface area contributed by atoms with E-state index in [1.54, 1.807) is 0 Å². The Morgan fingerprint density at radius 2 is 2.18 bits per heavy atom. The van der Waals surface area contributed by atoms with Gasteiger partial charge in [-0.2, -0.15) is 4.98 Å². The molecule has 0 fully saturated rings. The minimum atomic E-state index is -0.866. The number of hydrogen-bond donors (Lipinski definition) is 1. The Morgan fingerprint density at radius 3 is 2.76 bits per heavy atom. The molecule has 0 saturated carbocycles. The van der Waals surface area contributed by atoms with Crippen LogP contribution in [0.2, 0.25) is 0 Å². The zero-order valence-electron chi connectivity index (χ0n) is 9.02. The Kier molecular flexibility index (Phi) is 3.14. The number of rotatable bonds is 3. The van der Waals surface area contributed by atoms with Gasteiger partial charge in [-0.05, 0) is 18.6 Å². The number of benzene rings is 1. The molecule has 0 aliphatic rings. The van der Waals surface area contributed by atoms with E-state index < -0.39 is 17.7 Å². The second-order valence-electron chi connectivity index (χ2n) is 3.64. The summed E-state index contributed by atoms with van der Waals surface area (Å²) in [6.07, 6.45) is -0.781. The average molecular weight is 240 g/mol. The van der Waals surface area contributed by atoms with Crippen molar-refractivity contribution in [2.24, 2.45) is 0 Å². The zero-order valence-corrected chi connectivity index (χ0v) is 9.02. The maximum atomic E-state index is 13.3. The van der Waals surface area contributed by atoms with Gasteiger partial charge in [0.25, 0.3) is 5.89 Å². The fourth-order valence-electron chi connectivity index (χ4n) is 1.34. The zero-order chi connectivity index (χ0) is 12.4. The number of aliphatic hydroxyl groups is 1. The van der Waals surface area contributed by atoms with Crippen molar-refractivity contribution in [1.82, 2.24) is 10.1 Å². The van der Waals surface area contributed by atoms with Gasteiger partial charge in [0, 0.05) is 12.5 Å². The molecule has 0 aliphatic carbocycles. The predicted octanol–water partition coefficient (Wildman–Crippen LogP) is 1.99. The summed E-state index contributed by atoms with van der Waals surface area (Å²) in [7, 11) is 0. The van der Waals surface area contributed by atoms with Crippen LogP contribution in [0.3, 0.4) is 0 Å². The number of aromatic nitrogens is 2. The van der Waals surface area contributed by atoms with Crippen LogP contribution in [0.25, 0.3) is 0 Å². The van der Waals surface area contributed by atoms with Gasteiger partial charge in [-0.25, -0.2) is 8.78 Å². The summed E-state index contributed by atoms with van der Waals surface area (Å²) >= 11 is 0. The van der Waals surface area contributed by atoms with Gasteiger partial charge in [-0.15, -0.1) is 0 Å². The third kappa shape index (κ3) is 2.65. The maximum absolute atomic E-state index is 13.3. The lowest BCUT2D eigenvalue weighted by atomic mass is 10.1. The van der Waals surface area contributed by atoms with Crippen molar-refractivity contribution in [1.29, 1.82) is 0 Å². The summed E-state index contributed by atoms with van der Waals surface area (Å²) in [5, 5.41) is 12.8. The van der Waals surface area contributed by atoms with Gasteiger partial charge >= 0.3 is 0 Å². The standard InChI is InChI=1S/C11H10F2N2O2/c1-6(16)11-14-10(15-17-11)4-7-2-3-8(12)5-9(7)13/h2-3,5-6,16H,4H2,1H3/t6-/m0/s1. The fraction of sp³-hybridized carbons (Fsp3) is 0.273. The van der Waals surface area contributed by atoms with E-state index in [9.17, 15) is 13.9 Å². The highest BCUT2D eigenvalue weighted by Crippen LogP contribution is 2.15. The van der Waals surface area contributed by atoms with E-state index in [2.05, 4.69) is 10.1 Å². The van der Waals surface area contributed by atoms with Crippen molar-refractivity contribution in [3.63, 3.8) is 0 Å². The Bertz CT molecular complexity index is 526. The van der Waals surface area contributed by atoms with Crippen LogP contribution in [-0.4, -0.2) is 15.2 Å². The van der Waals surface area contributed by atoms with E-state index in [1.807, 2.05) is 0 Å². The maximum Gasteiger partial charge on any atom is 0.255 e. The molecule has 1 N–H and O–H groups in total. The largest absolute Gasteiger partial charge is 0.384 e. The first kappa shape index (κ1) is 11.7. The lowest BCUT2D eigenvalue weighted by Gasteiger charge is -1.99. The van der Waals surface area contributed by atoms with E-state index in [0.717, 1.165) is 12.1 Å². The molecule has 1 atom stereocenters. The summed E-state index contributed by atoms with van der Waals surface area (Å²) < 4.78 is 30.8. The Balaban J connectivity index is 2.19. The Hall–Kier alpha value is -1.82. The highest BCUT2D eigenvalue weighted by Gasteiger charge is 2.13. The molecule has 0 unspecified atom stereocenters. The topological polar surface area (TPSA) is 59.2 Å². The summed E-state index contributed by atoms with van der Waals surface area (Å²) in [6.45, 7) is 1.48. The second-order valence-corrected chi connectivity index (χ2v) is 3.64. The van der Waals surface area contributed by atoms with Crippen LogP contribution in [0.15, 0.2) is 22.7 Å². The van der Waals surface area contributed by atoms with Crippen LogP contribution in [-0.2, 0) is 6.42 Å². The first-order valence-corrected chi connectivity index (χ1v) is 5.00. The minimum absolute atomic E-state index is 0.0718. The highest BCUT2D eigenvalue weighted by atomic mass is 19.1. The lowest BCUT2D eigenvalue weighted by Crippen LogP contribution is -1.96. The molecule has 0 spiro atoms. The summed E-state index contributed by atoms with van der Waals surface area (Å²) in [4.78, 5) is 3.88. The minimum Gasteiger partial charge on any atom is -0.384 e. The van der Waals surface area contributed by atoms with Gasteiger partial charge in [0.1, 0.15) is 17.7 Å². The quantitative estimate of drug-likeness (QED) is 0.891. The number of aliphatic hydroxyl groups excluding tert-OH is 1. The van der Waals surface area contributed by atoms with Gasteiger partial charge in [0.15, 0.2) is 5.82 Å². The molecule has 0 amide bonds. The second kappa shape index (κ2) is 4.58. The molecule has 17 heavy (non-hydrogen) atoms. The number of nitrogens with zero attached hydrogens (tertiary/aromatic N) is 2. The number of hydrogen-bond acceptors (Lipinski definition) is 4. The van der Waals surface area contributed by atoms with E-state index in [1.165, 1.54) is 13.0 Å². The van der Waals surface area contributed by atoms with Crippen LogP contribution in [0.4, 0.5) is 8.78 Å². The van der Waals surface area contributed by atoms with Crippen molar-refractivity contribution in [2.45, 2.75) is 19.4 Å². The molecule has 90 valence electrons. The molecule has 6 heteroatoms.